The standard InChI is InChI=1S/C25H24N2O5S/c1-5-32-24(29)21-15(2)26-25-27(22(21)17-9-11-18(30-3)12-10-17)23(28)20(33-25)14-16-7-6-8-19(13-16)31-4/h6-14,22H,5H2,1-4H3/b20-14+/t22-/m0/s1. The molecule has 8 heteroatoms. The molecule has 0 aliphatic carbocycles. The Morgan fingerprint density at radius 2 is 1.85 bits per heavy atom. The van der Waals surface area contributed by atoms with Crippen LogP contribution in [0.15, 0.2) is 69.6 Å². The van der Waals surface area contributed by atoms with Gasteiger partial charge in [0.15, 0.2) is 4.80 Å². The average molecular weight is 465 g/mol. The summed E-state index contributed by atoms with van der Waals surface area (Å²) in [7, 11) is 3.19. The molecule has 0 amide bonds. The van der Waals surface area contributed by atoms with Crippen LogP contribution >= 0.6 is 11.3 Å². The van der Waals surface area contributed by atoms with Gasteiger partial charge in [-0.05, 0) is 55.3 Å². The van der Waals surface area contributed by atoms with E-state index < -0.39 is 12.0 Å². The van der Waals surface area contributed by atoms with Crippen molar-refractivity contribution < 1.29 is 19.0 Å². The van der Waals surface area contributed by atoms with E-state index in [1.165, 1.54) is 11.3 Å². The number of fused-ring (bicyclic) bond motifs is 1. The smallest absolute Gasteiger partial charge is 0.338 e. The molecule has 2 aromatic carbocycles. The monoisotopic (exact) mass is 464 g/mol. The molecular weight excluding hydrogens is 440 g/mol. The van der Waals surface area contributed by atoms with Gasteiger partial charge in [0.2, 0.25) is 0 Å². The Morgan fingerprint density at radius 1 is 1.12 bits per heavy atom. The Hall–Kier alpha value is -3.65. The minimum atomic E-state index is -0.654. The second kappa shape index (κ2) is 9.46. The Bertz CT molecular complexity index is 1400. The van der Waals surface area contributed by atoms with Gasteiger partial charge in [0.25, 0.3) is 5.56 Å². The molecule has 1 aromatic heterocycles. The first-order chi connectivity index (χ1) is 16.0. The molecule has 0 saturated carbocycles. The normalized spacial score (nSPS) is 15.6. The lowest BCUT2D eigenvalue weighted by molar-refractivity contribution is -0.139. The fraction of sp³-hybridized carbons (Fsp3) is 0.240. The molecule has 1 aliphatic heterocycles. The highest BCUT2D eigenvalue weighted by Crippen LogP contribution is 2.31. The second-order valence-electron chi connectivity index (χ2n) is 7.35. The molecule has 2 heterocycles. The second-order valence-corrected chi connectivity index (χ2v) is 8.36. The maximum Gasteiger partial charge on any atom is 0.338 e. The van der Waals surface area contributed by atoms with Crippen molar-refractivity contribution in [1.29, 1.82) is 0 Å². The van der Waals surface area contributed by atoms with E-state index in [1.807, 2.05) is 36.4 Å². The van der Waals surface area contributed by atoms with E-state index in [0.717, 1.165) is 11.1 Å². The largest absolute Gasteiger partial charge is 0.497 e. The minimum Gasteiger partial charge on any atom is -0.497 e. The van der Waals surface area contributed by atoms with Crippen molar-refractivity contribution in [3.8, 4) is 11.5 Å². The maximum atomic E-state index is 13.6. The summed E-state index contributed by atoms with van der Waals surface area (Å²) in [6.07, 6.45) is 1.81. The lowest BCUT2D eigenvalue weighted by atomic mass is 9.96. The highest BCUT2D eigenvalue weighted by atomic mass is 32.1. The van der Waals surface area contributed by atoms with Gasteiger partial charge >= 0.3 is 5.97 Å². The SMILES string of the molecule is CCOC(=O)C1=C(C)N=c2s/c(=C/c3cccc(OC)c3)c(=O)n2[C@H]1c1ccc(OC)cc1. The molecule has 0 saturated heterocycles. The molecule has 1 atom stereocenters. The topological polar surface area (TPSA) is 79.1 Å². The molecule has 7 nitrogen and oxygen atoms in total. The van der Waals surface area contributed by atoms with E-state index in [9.17, 15) is 9.59 Å². The Morgan fingerprint density at radius 3 is 2.52 bits per heavy atom. The van der Waals surface area contributed by atoms with E-state index in [-0.39, 0.29) is 12.2 Å². The van der Waals surface area contributed by atoms with Crippen LogP contribution in [-0.2, 0) is 9.53 Å². The number of aromatic nitrogens is 1. The number of methoxy groups -OCH3 is 2. The lowest BCUT2D eigenvalue weighted by Crippen LogP contribution is -2.39. The van der Waals surface area contributed by atoms with Crippen molar-refractivity contribution in [2.45, 2.75) is 19.9 Å². The summed E-state index contributed by atoms with van der Waals surface area (Å²) >= 11 is 1.28. The van der Waals surface area contributed by atoms with Crippen molar-refractivity contribution in [1.82, 2.24) is 4.57 Å². The Labute approximate surface area is 194 Å². The van der Waals surface area contributed by atoms with Crippen molar-refractivity contribution in [2.24, 2.45) is 4.99 Å². The quantitative estimate of drug-likeness (QED) is 0.524. The van der Waals surface area contributed by atoms with Crippen LogP contribution in [0.25, 0.3) is 6.08 Å². The van der Waals surface area contributed by atoms with Gasteiger partial charge in [-0.3, -0.25) is 9.36 Å². The van der Waals surface area contributed by atoms with Crippen LogP contribution in [0.2, 0.25) is 0 Å². The summed E-state index contributed by atoms with van der Waals surface area (Å²) in [4.78, 5) is 31.6. The molecule has 3 aromatic rings. The lowest BCUT2D eigenvalue weighted by Gasteiger charge is -2.24. The number of carbonyl (C=O) groups is 1. The van der Waals surface area contributed by atoms with E-state index in [0.29, 0.717) is 32.1 Å². The molecule has 4 rings (SSSR count). The van der Waals surface area contributed by atoms with E-state index in [1.54, 1.807) is 50.8 Å². The fourth-order valence-corrected chi connectivity index (χ4v) is 4.82. The Balaban J connectivity index is 1.93. The predicted octanol–water partition coefficient (Wildman–Crippen LogP) is 2.82. The van der Waals surface area contributed by atoms with Gasteiger partial charge < -0.3 is 14.2 Å². The zero-order valence-corrected chi connectivity index (χ0v) is 19.6. The van der Waals surface area contributed by atoms with Crippen LogP contribution in [0.5, 0.6) is 11.5 Å². The van der Waals surface area contributed by atoms with Gasteiger partial charge in [-0.1, -0.05) is 35.6 Å². The summed E-state index contributed by atoms with van der Waals surface area (Å²) in [5.74, 6) is 0.900. The highest BCUT2D eigenvalue weighted by molar-refractivity contribution is 7.07. The average Bonchev–Trinajstić information content (AvgIpc) is 3.12. The predicted molar refractivity (Wildman–Crippen MR) is 126 cm³/mol. The number of hydrogen-bond acceptors (Lipinski definition) is 7. The molecule has 0 spiro atoms. The zero-order valence-electron chi connectivity index (χ0n) is 18.8. The van der Waals surface area contributed by atoms with Crippen molar-refractivity contribution in [2.75, 3.05) is 20.8 Å². The van der Waals surface area contributed by atoms with E-state index in [4.69, 9.17) is 14.2 Å². The van der Waals surface area contributed by atoms with Gasteiger partial charge in [-0.15, -0.1) is 0 Å². The van der Waals surface area contributed by atoms with Gasteiger partial charge in [0.1, 0.15) is 11.5 Å². The molecule has 33 heavy (non-hydrogen) atoms. The molecule has 0 radical (unpaired) electrons. The first-order valence-electron chi connectivity index (χ1n) is 10.4. The van der Waals surface area contributed by atoms with Crippen LogP contribution in [0, 0.1) is 0 Å². The van der Waals surface area contributed by atoms with Crippen LogP contribution < -0.4 is 24.4 Å². The van der Waals surface area contributed by atoms with Crippen molar-refractivity contribution >= 4 is 23.4 Å². The van der Waals surface area contributed by atoms with Crippen LogP contribution in [0.4, 0.5) is 0 Å². The third-order valence-electron chi connectivity index (χ3n) is 5.34. The number of allylic oxidation sites excluding steroid dienone is 1. The van der Waals surface area contributed by atoms with Gasteiger partial charge in [0, 0.05) is 0 Å². The van der Waals surface area contributed by atoms with E-state index in [2.05, 4.69) is 4.99 Å². The number of benzene rings is 2. The highest BCUT2D eigenvalue weighted by Gasteiger charge is 2.33. The number of nitrogens with zero attached hydrogens (tertiary/aromatic N) is 2. The Kier molecular flexibility index (Phi) is 6.46. The first kappa shape index (κ1) is 22.5. The fourth-order valence-electron chi connectivity index (χ4n) is 3.78. The summed E-state index contributed by atoms with van der Waals surface area (Å²) < 4.78 is 18.0. The third kappa shape index (κ3) is 4.34. The molecule has 0 unspecified atom stereocenters. The summed E-state index contributed by atoms with van der Waals surface area (Å²) in [5, 5.41) is 0. The number of esters is 1. The number of carbonyl (C=O) groups excluding carboxylic acids is 1. The number of thiazole rings is 1. The minimum absolute atomic E-state index is 0.225. The zero-order chi connectivity index (χ0) is 23.5. The van der Waals surface area contributed by atoms with Crippen molar-refractivity contribution in [3.63, 3.8) is 0 Å². The van der Waals surface area contributed by atoms with Gasteiger partial charge in [-0.2, -0.15) is 0 Å². The van der Waals surface area contributed by atoms with Gasteiger partial charge in [-0.25, -0.2) is 9.79 Å². The first-order valence-corrected chi connectivity index (χ1v) is 11.3. The summed E-state index contributed by atoms with van der Waals surface area (Å²) in [6.45, 7) is 3.74. The molecule has 0 N–H and O–H groups in total. The third-order valence-corrected chi connectivity index (χ3v) is 6.32. The molecule has 0 fully saturated rings. The number of ether oxygens (including phenoxy) is 3. The summed E-state index contributed by atoms with van der Waals surface area (Å²) in [6, 6.07) is 14.1. The molecule has 1 aliphatic rings. The van der Waals surface area contributed by atoms with E-state index >= 15 is 0 Å². The van der Waals surface area contributed by atoms with Crippen LogP contribution in [0.3, 0.4) is 0 Å². The summed E-state index contributed by atoms with van der Waals surface area (Å²) in [5.41, 5.74) is 2.26. The van der Waals surface area contributed by atoms with Gasteiger partial charge in [0.05, 0.1) is 42.7 Å². The molecule has 0 bridgehead atoms. The molecular formula is C25H24N2O5S. The van der Waals surface area contributed by atoms with Crippen molar-refractivity contribution in [3.05, 3.63) is 90.6 Å². The van der Waals surface area contributed by atoms with Crippen LogP contribution in [-0.4, -0.2) is 31.4 Å². The number of hydrogen-bond donors (Lipinski definition) is 0. The molecule has 170 valence electrons. The maximum absolute atomic E-state index is 13.6. The van der Waals surface area contributed by atoms with Crippen LogP contribution in [0.1, 0.15) is 31.0 Å². The number of rotatable bonds is 6.